The van der Waals surface area contributed by atoms with Gasteiger partial charge < -0.3 is 10.6 Å². The van der Waals surface area contributed by atoms with Crippen LogP contribution in [0.4, 0.5) is 18.9 Å². The Morgan fingerprint density at radius 1 is 1.60 bits per heavy atom. The molecule has 1 heterocycles. The van der Waals surface area contributed by atoms with Gasteiger partial charge in [-0.25, -0.2) is 0 Å². The number of aromatic nitrogens is 2. The van der Waals surface area contributed by atoms with Gasteiger partial charge in [0.1, 0.15) is 0 Å². The lowest BCUT2D eigenvalue weighted by molar-refractivity contribution is -0.185. The Balaban J connectivity index is 2.62. The fourth-order valence-corrected chi connectivity index (χ4v) is 1.80. The van der Waals surface area contributed by atoms with Crippen molar-refractivity contribution in [2.75, 3.05) is 18.8 Å². The molecule has 1 rings (SSSR count). The fraction of sp³-hybridized carbons (Fsp3) is 0.636. The number of rotatable bonds is 5. The van der Waals surface area contributed by atoms with Crippen LogP contribution in [0.2, 0.25) is 5.15 Å². The zero-order valence-corrected chi connectivity index (χ0v) is 11.9. The molecule has 20 heavy (non-hydrogen) atoms. The van der Waals surface area contributed by atoms with Gasteiger partial charge >= 0.3 is 12.1 Å². The molecule has 5 nitrogen and oxygen atoms in total. The SMILES string of the molecule is CCN(CCC(C)n1cc(N)c(Cl)n1)C(=O)C(F)(F)F. The number of halogens is 4. The van der Waals surface area contributed by atoms with Crippen LogP contribution < -0.4 is 5.73 Å². The van der Waals surface area contributed by atoms with Crippen LogP contribution in [-0.2, 0) is 4.79 Å². The highest BCUT2D eigenvalue weighted by atomic mass is 35.5. The van der Waals surface area contributed by atoms with Crippen molar-refractivity contribution < 1.29 is 18.0 Å². The highest BCUT2D eigenvalue weighted by Gasteiger charge is 2.41. The van der Waals surface area contributed by atoms with Gasteiger partial charge in [0.2, 0.25) is 0 Å². The molecule has 0 bridgehead atoms. The number of nitrogens with zero attached hydrogens (tertiary/aromatic N) is 3. The molecule has 0 saturated heterocycles. The Labute approximate surface area is 119 Å². The van der Waals surface area contributed by atoms with Crippen LogP contribution in [-0.4, -0.2) is 39.9 Å². The Morgan fingerprint density at radius 3 is 2.60 bits per heavy atom. The maximum absolute atomic E-state index is 12.3. The first kappa shape index (κ1) is 16.6. The van der Waals surface area contributed by atoms with Gasteiger partial charge in [0, 0.05) is 19.3 Å². The molecule has 0 aromatic carbocycles. The summed E-state index contributed by atoms with van der Waals surface area (Å²) in [5.41, 5.74) is 5.84. The van der Waals surface area contributed by atoms with Gasteiger partial charge in [0.05, 0.1) is 11.7 Å². The average Bonchev–Trinajstić information content (AvgIpc) is 2.68. The zero-order valence-electron chi connectivity index (χ0n) is 11.1. The van der Waals surface area contributed by atoms with E-state index in [0.717, 1.165) is 4.90 Å². The molecular formula is C11H16ClF3N4O. The molecule has 0 fully saturated rings. The van der Waals surface area contributed by atoms with Crippen LogP contribution in [0.1, 0.15) is 26.3 Å². The van der Waals surface area contributed by atoms with Crippen molar-refractivity contribution in [1.29, 1.82) is 0 Å². The van der Waals surface area contributed by atoms with E-state index in [1.807, 2.05) is 0 Å². The van der Waals surface area contributed by atoms with Crippen molar-refractivity contribution in [3.05, 3.63) is 11.3 Å². The van der Waals surface area contributed by atoms with E-state index in [4.69, 9.17) is 17.3 Å². The molecule has 0 spiro atoms. The molecule has 0 aliphatic carbocycles. The second-order valence-electron chi connectivity index (χ2n) is 4.38. The van der Waals surface area contributed by atoms with Gasteiger partial charge in [0.25, 0.3) is 0 Å². The summed E-state index contributed by atoms with van der Waals surface area (Å²) in [5.74, 6) is -1.83. The van der Waals surface area contributed by atoms with Gasteiger partial charge in [-0.2, -0.15) is 18.3 Å². The lowest BCUT2D eigenvalue weighted by atomic mass is 10.2. The number of hydrogen-bond donors (Lipinski definition) is 1. The first-order chi connectivity index (χ1) is 9.16. The van der Waals surface area contributed by atoms with Gasteiger partial charge in [0.15, 0.2) is 5.15 Å². The van der Waals surface area contributed by atoms with Crippen LogP contribution in [0.15, 0.2) is 6.20 Å². The van der Waals surface area contributed by atoms with Gasteiger partial charge in [-0.05, 0) is 20.3 Å². The standard InChI is InChI=1S/C11H16ClF3N4O/c1-3-18(10(20)11(13,14)15)5-4-7(2)19-6-8(16)9(12)17-19/h6-7H,3-5,16H2,1-2H3. The Morgan fingerprint density at radius 2 is 2.20 bits per heavy atom. The molecule has 1 aromatic heterocycles. The molecule has 1 aromatic rings. The summed E-state index contributed by atoms with van der Waals surface area (Å²) in [4.78, 5) is 11.9. The molecule has 1 atom stereocenters. The zero-order chi connectivity index (χ0) is 15.5. The van der Waals surface area contributed by atoms with E-state index >= 15 is 0 Å². The topological polar surface area (TPSA) is 64.2 Å². The number of carbonyl (C=O) groups excluding carboxylic acids is 1. The van der Waals surface area contributed by atoms with Crippen LogP contribution in [0.25, 0.3) is 0 Å². The molecule has 2 N–H and O–H groups in total. The smallest absolute Gasteiger partial charge is 0.395 e. The summed E-state index contributed by atoms with van der Waals surface area (Å²) >= 11 is 5.70. The molecule has 1 amide bonds. The first-order valence-electron chi connectivity index (χ1n) is 6.03. The number of carbonyl (C=O) groups is 1. The number of amides is 1. The minimum atomic E-state index is -4.85. The lowest BCUT2D eigenvalue weighted by Crippen LogP contribution is -2.41. The third-order valence-electron chi connectivity index (χ3n) is 2.89. The second kappa shape index (κ2) is 6.34. The van der Waals surface area contributed by atoms with E-state index in [0.29, 0.717) is 12.1 Å². The van der Waals surface area contributed by atoms with Gasteiger partial charge in [-0.15, -0.1) is 0 Å². The van der Waals surface area contributed by atoms with Crippen molar-refractivity contribution in [2.24, 2.45) is 0 Å². The highest BCUT2D eigenvalue weighted by molar-refractivity contribution is 6.31. The van der Waals surface area contributed by atoms with E-state index in [2.05, 4.69) is 5.10 Å². The van der Waals surface area contributed by atoms with E-state index in [9.17, 15) is 18.0 Å². The van der Waals surface area contributed by atoms with Crippen LogP contribution in [0, 0.1) is 0 Å². The molecule has 0 radical (unpaired) electrons. The third kappa shape index (κ3) is 4.03. The lowest BCUT2D eigenvalue weighted by Gasteiger charge is -2.23. The number of anilines is 1. The fourth-order valence-electron chi connectivity index (χ4n) is 1.67. The number of nitrogens with two attached hydrogens (primary N) is 1. The van der Waals surface area contributed by atoms with Crippen LogP contribution in [0.5, 0.6) is 0 Å². The molecule has 0 aliphatic heterocycles. The maximum atomic E-state index is 12.3. The normalized spacial score (nSPS) is 13.3. The van der Waals surface area contributed by atoms with E-state index in [1.54, 1.807) is 6.92 Å². The third-order valence-corrected chi connectivity index (χ3v) is 3.19. The summed E-state index contributed by atoms with van der Waals surface area (Å²) in [7, 11) is 0. The molecule has 1 unspecified atom stereocenters. The Bertz CT molecular complexity index is 455. The van der Waals surface area contributed by atoms with Crippen molar-refractivity contribution in [2.45, 2.75) is 32.5 Å². The number of hydrogen-bond acceptors (Lipinski definition) is 3. The molecule has 0 aliphatic rings. The van der Waals surface area contributed by atoms with Gasteiger partial charge in [-0.1, -0.05) is 11.6 Å². The predicted octanol–water partition coefficient (Wildman–Crippen LogP) is 2.48. The number of nitrogen functional groups attached to an aromatic ring is 1. The van der Waals surface area contributed by atoms with Crippen molar-refractivity contribution in [3.8, 4) is 0 Å². The summed E-state index contributed by atoms with van der Waals surface area (Å²) < 4.78 is 38.5. The Kier molecular flexibility index (Phi) is 5.27. The van der Waals surface area contributed by atoms with Crippen molar-refractivity contribution in [3.63, 3.8) is 0 Å². The van der Waals surface area contributed by atoms with Crippen molar-refractivity contribution in [1.82, 2.24) is 14.7 Å². The molecule has 114 valence electrons. The minimum absolute atomic E-state index is 0.00688. The van der Waals surface area contributed by atoms with Gasteiger partial charge in [-0.3, -0.25) is 9.48 Å². The predicted molar refractivity (Wildman–Crippen MR) is 69.3 cm³/mol. The average molecular weight is 313 g/mol. The summed E-state index contributed by atoms with van der Waals surface area (Å²) in [5, 5.41) is 4.09. The summed E-state index contributed by atoms with van der Waals surface area (Å²) in [6.45, 7) is 3.23. The maximum Gasteiger partial charge on any atom is 0.471 e. The number of alkyl halides is 3. The largest absolute Gasteiger partial charge is 0.471 e. The van der Waals surface area contributed by atoms with Crippen LogP contribution >= 0.6 is 11.6 Å². The quantitative estimate of drug-likeness (QED) is 0.908. The van der Waals surface area contributed by atoms with Crippen LogP contribution in [0.3, 0.4) is 0 Å². The van der Waals surface area contributed by atoms with Crippen molar-refractivity contribution >= 4 is 23.2 Å². The van der Waals surface area contributed by atoms with E-state index in [1.165, 1.54) is 17.8 Å². The van der Waals surface area contributed by atoms with E-state index in [-0.39, 0.29) is 24.3 Å². The molecule has 0 saturated carbocycles. The molecular weight excluding hydrogens is 297 g/mol. The molecule has 9 heteroatoms. The summed E-state index contributed by atoms with van der Waals surface area (Å²) in [6, 6.07) is -0.222. The highest BCUT2D eigenvalue weighted by Crippen LogP contribution is 2.22. The summed E-state index contributed by atoms with van der Waals surface area (Å²) in [6.07, 6.45) is -3.03. The Hall–Kier alpha value is -1.44. The first-order valence-corrected chi connectivity index (χ1v) is 6.40. The second-order valence-corrected chi connectivity index (χ2v) is 4.73. The monoisotopic (exact) mass is 312 g/mol. The van der Waals surface area contributed by atoms with E-state index < -0.39 is 12.1 Å². The minimum Gasteiger partial charge on any atom is -0.395 e.